The lowest BCUT2D eigenvalue weighted by atomic mass is 9.85. The highest BCUT2D eigenvalue weighted by Crippen LogP contribution is 2.48. The van der Waals surface area contributed by atoms with Gasteiger partial charge in [-0.2, -0.15) is 0 Å². The maximum atomic E-state index is 12.6. The molecule has 0 aromatic rings. The summed E-state index contributed by atoms with van der Waals surface area (Å²) in [6, 6.07) is 0. The third-order valence-electron chi connectivity index (χ3n) is 4.78. The summed E-state index contributed by atoms with van der Waals surface area (Å²) in [4.78, 5) is 56.0. The van der Waals surface area contributed by atoms with Gasteiger partial charge in [-0.15, -0.1) is 0 Å². The van der Waals surface area contributed by atoms with E-state index in [1.54, 1.807) is 6.92 Å². The van der Waals surface area contributed by atoms with Gasteiger partial charge in [-0.3, -0.25) is 13.6 Å². The van der Waals surface area contributed by atoms with Crippen molar-refractivity contribution in [3.63, 3.8) is 0 Å². The predicted octanol–water partition coefficient (Wildman–Crippen LogP) is 2.24. The molecule has 0 aromatic carbocycles. The van der Waals surface area contributed by atoms with E-state index in [9.17, 15) is 44.0 Å². The van der Waals surface area contributed by atoms with Gasteiger partial charge in [0.15, 0.2) is 6.10 Å². The van der Waals surface area contributed by atoms with Crippen molar-refractivity contribution in [1.82, 2.24) is 6.15 Å². The summed E-state index contributed by atoms with van der Waals surface area (Å²) in [5.41, 5.74) is 0. The first-order valence-corrected chi connectivity index (χ1v) is 15.9. The minimum atomic E-state index is -5.58. The van der Waals surface area contributed by atoms with Gasteiger partial charge in [0, 0.05) is 70.4 Å². The van der Waals surface area contributed by atoms with Gasteiger partial charge in [0.25, 0.3) is 0 Å². The molecular formula is C22H73NO30P2. The van der Waals surface area contributed by atoms with Crippen molar-refractivity contribution in [2.75, 3.05) is 13.2 Å². The van der Waals surface area contributed by atoms with Gasteiger partial charge < -0.3 is 50.7 Å². The Hall–Kier alpha value is -3.96. The number of ether oxygens (including phenoxy) is 2. The Morgan fingerprint density at radius 1 is 0.655 bits per heavy atom. The summed E-state index contributed by atoms with van der Waals surface area (Å²) in [6.45, 7) is -0.776. The van der Waals surface area contributed by atoms with E-state index in [1.165, 1.54) is 0 Å². The van der Waals surface area contributed by atoms with Crippen LogP contribution in [0.15, 0.2) is 0 Å². The number of hydrogen-bond donors (Lipinski definition) is 9. The van der Waals surface area contributed by atoms with Crippen LogP contribution in [0.3, 0.4) is 0 Å². The van der Waals surface area contributed by atoms with Crippen LogP contribution in [0.2, 0.25) is 0 Å². The number of phosphoric ester groups is 2. The molecular weight excluding hydrogens is 820 g/mol. The van der Waals surface area contributed by atoms with Gasteiger partial charge in [-0.25, -0.2) is 28.9 Å². The molecule has 0 bridgehead atoms. The second kappa shape index (κ2) is 28.4. The third-order valence-corrected chi connectivity index (χ3v) is 6.29. The highest BCUT2D eigenvalue weighted by Gasteiger charge is 2.54. The molecule has 0 aromatic heterocycles. The van der Waals surface area contributed by atoms with E-state index < -0.39 is 83.7 Å². The highest BCUT2D eigenvalue weighted by atomic mass is 31.2. The minimum absolute atomic E-state index is 0. The fraction of sp³-hybridized carbons (Fsp3) is 0.455. The predicted molar refractivity (Wildman–Crippen MR) is 200 cm³/mol. The molecule has 33 heteroatoms. The largest absolute Gasteiger partial charge is 0.543 e. The summed E-state index contributed by atoms with van der Waals surface area (Å²) < 4.78 is 46.6. The van der Waals surface area contributed by atoms with Crippen molar-refractivity contribution in [1.29, 1.82) is 0 Å². The van der Waals surface area contributed by atoms with Gasteiger partial charge in [0.05, 0.1) is 6.61 Å². The first kappa shape index (κ1) is 51.0. The maximum Gasteiger partial charge on any atom is 0.543 e. The molecule has 8 atom stereocenters. The zero-order chi connectivity index (χ0) is 40.4. The van der Waals surface area contributed by atoms with Gasteiger partial charge in [0.1, 0.15) is 43.2 Å². The van der Waals surface area contributed by atoms with E-state index in [4.69, 9.17) is 19.8 Å². The lowest BCUT2D eigenvalue weighted by Crippen LogP contribution is -2.64. The second-order valence-corrected chi connectivity index (χ2v) is 10.8. The molecule has 0 aliphatic heterocycles. The van der Waals surface area contributed by atoms with Crippen LogP contribution in [0, 0.1) is 59.2 Å². The Morgan fingerprint density at radius 3 is 1.64 bits per heavy atom. The number of hydrogen-bond acceptors (Lipinski definition) is 28. The van der Waals surface area contributed by atoms with Crippen LogP contribution < -0.4 is 6.15 Å². The fourth-order valence-electron chi connectivity index (χ4n) is 2.92. The van der Waals surface area contributed by atoms with Crippen molar-refractivity contribution >= 4 is 27.8 Å². The zero-order valence-electron chi connectivity index (χ0n) is 26.6. The van der Waals surface area contributed by atoms with Crippen molar-refractivity contribution in [3.8, 4) is 59.2 Å². The molecule has 1 fully saturated rings. The Bertz CT molecular complexity index is 1670. The molecule has 0 heterocycles. The van der Waals surface area contributed by atoms with Crippen LogP contribution in [0.4, 0.5) is 4.79 Å². The van der Waals surface area contributed by atoms with Crippen molar-refractivity contribution in [2.45, 2.75) is 49.7 Å². The second-order valence-electron chi connectivity index (χ2n) is 8.23. The Labute approximate surface area is 339 Å². The third kappa shape index (κ3) is 23.5. The summed E-state index contributed by atoms with van der Waals surface area (Å²) in [6.07, 6.45) is -18.3. The number of carbonyl (C=O) groups is 2. The molecule has 0 saturated heterocycles. The average Bonchev–Trinajstić information content (AvgIpc) is 3.11. The Balaban J connectivity index is -0.0000000507. The normalized spacial score (nSPS) is 21.5. The van der Waals surface area contributed by atoms with Gasteiger partial charge in [-0.1, -0.05) is 5.92 Å². The van der Waals surface area contributed by atoms with Crippen LogP contribution in [-0.2, 0) is 102 Å². The van der Waals surface area contributed by atoms with Crippen LogP contribution in [0.5, 0.6) is 0 Å². The Morgan fingerprint density at radius 2 is 1.13 bits per heavy atom. The van der Waals surface area contributed by atoms with Crippen molar-refractivity contribution < 1.29 is 182 Å². The summed E-state index contributed by atoms with van der Waals surface area (Å²) in [7, 11) is -11.0. The molecule has 1 aliphatic carbocycles. The number of esters is 1. The summed E-state index contributed by atoms with van der Waals surface area (Å²) in [5.74, 6) is 21.2. The lowest BCUT2D eigenvalue weighted by molar-refractivity contribution is -0.874. The number of aliphatic hydroxyl groups excluding tert-OH is 4. The number of phosphoric acid groups is 2. The topological polar surface area (TPSA) is 431 Å². The summed E-state index contributed by atoms with van der Waals surface area (Å²) >= 11 is 0. The van der Waals surface area contributed by atoms with E-state index >= 15 is 0 Å². The number of aliphatic hydroxyl groups is 4. The zero-order valence-corrected chi connectivity index (χ0v) is 28.4. The lowest BCUT2D eigenvalue weighted by Gasteiger charge is -2.43. The van der Waals surface area contributed by atoms with Gasteiger partial charge in [0.2, 0.25) is 0 Å². The standard InChI is InChI=1S/C22H22O30P2.H3N.24H2/c1-2-3-4-5-6-7-8-9-10-11-15(23)35-12-14(37-22(28)38-42-44-46-48-50-52-51-49-47-45-43-41-29)13-36-54(33,34)40-21-18(26)16(24)17(25)20(19(21)27)39-53(30,31)32;;;;;;;;;;;;;;;;;;;;;;;;;/h14,16-21,24-27,29H,12-13H2,1H3,(H,33,34)(H2,30,31,32);1H3;24*1H/t14-,16-,17+,18?,19+,20?,21?;;;;;;;;;;;;;;;;;;;;;;;;;/m1........................./s1. The number of rotatable bonds is 22. The van der Waals surface area contributed by atoms with Crippen LogP contribution in [0.1, 0.15) is 41.2 Å². The maximum absolute atomic E-state index is 12.6. The van der Waals surface area contributed by atoms with Gasteiger partial charge >= 0.3 is 27.8 Å². The Kier molecular flexibility index (Phi) is 26.4. The van der Waals surface area contributed by atoms with E-state index in [-0.39, 0.29) is 40.4 Å². The quantitative estimate of drug-likeness (QED) is 0.0143. The molecule has 0 radical (unpaired) electrons. The first-order valence-electron chi connectivity index (χ1n) is 12.8. The molecule has 31 nitrogen and oxygen atoms in total. The smallest absolute Gasteiger partial charge is 0.452 e. The molecule has 1 saturated carbocycles. The molecule has 1 aliphatic rings. The molecule has 356 valence electrons. The molecule has 0 amide bonds. The van der Waals surface area contributed by atoms with E-state index in [2.05, 4.69) is 131 Å². The van der Waals surface area contributed by atoms with Crippen molar-refractivity contribution in [2.24, 2.45) is 0 Å². The average molecular weight is 894 g/mol. The molecule has 11 N–H and O–H groups in total. The van der Waals surface area contributed by atoms with E-state index in [1.807, 2.05) is 11.8 Å². The highest BCUT2D eigenvalue weighted by molar-refractivity contribution is 7.47. The van der Waals surface area contributed by atoms with E-state index in [0.29, 0.717) is 0 Å². The van der Waals surface area contributed by atoms with Crippen LogP contribution in [-0.4, -0.2) is 108 Å². The molecule has 4 unspecified atom stereocenters. The first-order chi connectivity index (χ1) is 25.6. The molecule has 0 spiro atoms. The van der Waals surface area contributed by atoms with E-state index in [0.717, 1.165) is 0 Å². The molecule has 1 rings (SSSR count). The van der Waals surface area contributed by atoms with Crippen molar-refractivity contribution in [3.05, 3.63) is 0 Å². The summed E-state index contributed by atoms with van der Waals surface area (Å²) in [5, 5.41) is 89.6. The molecule has 55 heavy (non-hydrogen) atoms. The fourth-order valence-corrected chi connectivity index (χ4v) is 4.46. The number of carbonyl (C=O) groups excluding carboxylic acids is 2. The monoisotopic (exact) mass is 893 g/mol. The van der Waals surface area contributed by atoms with Crippen LogP contribution in [0.25, 0.3) is 0 Å². The van der Waals surface area contributed by atoms with Crippen LogP contribution >= 0.6 is 15.6 Å². The van der Waals surface area contributed by atoms with Gasteiger partial charge in [-0.05, 0) is 84.5 Å². The SMILES string of the molecule is CC#CC#CC#CC#CC#CC(=O)OC[C@H](COP(=O)(O)OC1C(O)[C@H](O)[C@H](O)C(OP(=O)(O)O)[C@@H]1O)OC(=O)OOOOOOOOOOOOOO.N.[HH].[HH].[HH].[HH].[HH].[HH].[HH].[HH].[HH].[HH].[HH].[HH].[HH].[HH].[HH].[HH].[HH].[HH].[HH].[HH].[HH].[HH].[HH].[HH]. The minimum Gasteiger partial charge on any atom is -0.452 e.